The van der Waals surface area contributed by atoms with E-state index in [1.807, 2.05) is 51.1 Å². The van der Waals surface area contributed by atoms with E-state index in [1.165, 1.54) is 9.80 Å². The fourth-order valence-corrected chi connectivity index (χ4v) is 3.19. The molecule has 0 unspecified atom stereocenters. The van der Waals surface area contributed by atoms with Crippen LogP contribution in [0.25, 0.3) is 0 Å². The van der Waals surface area contributed by atoms with Crippen molar-refractivity contribution in [3.63, 3.8) is 0 Å². The maximum absolute atomic E-state index is 12.5. The first-order valence-corrected chi connectivity index (χ1v) is 8.89. The van der Waals surface area contributed by atoms with Gasteiger partial charge in [0.2, 0.25) is 5.91 Å². The number of benzene rings is 2. The van der Waals surface area contributed by atoms with Gasteiger partial charge in [-0.2, -0.15) is 0 Å². The quantitative estimate of drug-likeness (QED) is 0.846. The topological polar surface area (TPSA) is 69.7 Å². The summed E-state index contributed by atoms with van der Waals surface area (Å²) in [7, 11) is 0. The van der Waals surface area contributed by atoms with Crippen molar-refractivity contribution in [1.29, 1.82) is 0 Å². The number of rotatable bonds is 4. The van der Waals surface area contributed by atoms with Crippen LogP contribution in [0.3, 0.4) is 0 Å². The molecule has 2 aromatic rings. The fourth-order valence-electron chi connectivity index (χ4n) is 3.19. The van der Waals surface area contributed by atoms with E-state index in [2.05, 4.69) is 5.32 Å². The number of aryl methyl sites for hydroxylation is 3. The van der Waals surface area contributed by atoms with Crippen molar-refractivity contribution in [3.05, 3.63) is 59.2 Å². The van der Waals surface area contributed by atoms with Crippen molar-refractivity contribution >= 4 is 29.1 Å². The maximum atomic E-state index is 12.5. The predicted molar refractivity (Wildman–Crippen MR) is 105 cm³/mol. The zero-order chi connectivity index (χ0) is 19.6. The van der Waals surface area contributed by atoms with Gasteiger partial charge >= 0.3 is 11.8 Å². The zero-order valence-corrected chi connectivity index (χ0v) is 15.8. The summed E-state index contributed by atoms with van der Waals surface area (Å²) >= 11 is 0. The van der Waals surface area contributed by atoms with E-state index in [-0.39, 0.29) is 12.5 Å². The summed E-state index contributed by atoms with van der Waals surface area (Å²) in [4.78, 5) is 40.0. The third kappa shape index (κ3) is 4.34. The number of amides is 3. The molecule has 0 aliphatic carbocycles. The molecule has 1 fully saturated rings. The Labute approximate surface area is 158 Å². The van der Waals surface area contributed by atoms with Crippen LogP contribution in [-0.2, 0) is 14.4 Å². The van der Waals surface area contributed by atoms with E-state index in [0.29, 0.717) is 18.8 Å². The molecular formula is C21H23N3O3. The van der Waals surface area contributed by atoms with Crippen molar-refractivity contribution in [3.8, 4) is 0 Å². The first kappa shape index (κ1) is 18.6. The lowest BCUT2D eigenvalue weighted by atomic mass is 10.1. The van der Waals surface area contributed by atoms with Crippen LogP contribution in [0.4, 0.5) is 11.4 Å². The van der Waals surface area contributed by atoms with Crippen molar-refractivity contribution in [2.45, 2.75) is 20.8 Å². The van der Waals surface area contributed by atoms with Crippen molar-refractivity contribution in [2.75, 3.05) is 29.9 Å². The number of carbonyl (C=O) groups is 3. The van der Waals surface area contributed by atoms with Gasteiger partial charge < -0.3 is 15.1 Å². The molecule has 0 radical (unpaired) electrons. The summed E-state index contributed by atoms with van der Waals surface area (Å²) in [6, 6.07) is 13.2. The average Bonchev–Trinajstić information content (AvgIpc) is 2.60. The number of anilines is 2. The smallest absolute Gasteiger partial charge is 0.316 e. The largest absolute Gasteiger partial charge is 0.325 e. The molecule has 140 valence electrons. The van der Waals surface area contributed by atoms with Crippen LogP contribution < -0.4 is 10.2 Å². The van der Waals surface area contributed by atoms with Crippen LogP contribution >= 0.6 is 0 Å². The Hall–Kier alpha value is -3.15. The van der Waals surface area contributed by atoms with Gasteiger partial charge in [-0.3, -0.25) is 14.4 Å². The monoisotopic (exact) mass is 365 g/mol. The predicted octanol–water partition coefficient (Wildman–Crippen LogP) is 2.43. The molecule has 1 heterocycles. The van der Waals surface area contributed by atoms with Gasteiger partial charge in [-0.25, -0.2) is 0 Å². The highest BCUT2D eigenvalue weighted by Crippen LogP contribution is 2.21. The molecule has 3 amide bonds. The second kappa shape index (κ2) is 7.61. The molecule has 3 rings (SSSR count). The van der Waals surface area contributed by atoms with Crippen LogP contribution in [0.15, 0.2) is 42.5 Å². The van der Waals surface area contributed by atoms with Gasteiger partial charge in [0.15, 0.2) is 0 Å². The Morgan fingerprint density at radius 3 is 2.15 bits per heavy atom. The molecule has 27 heavy (non-hydrogen) atoms. The van der Waals surface area contributed by atoms with Crippen LogP contribution in [-0.4, -0.2) is 42.3 Å². The Morgan fingerprint density at radius 1 is 0.889 bits per heavy atom. The number of piperazine rings is 1. The van der Waals surface area contributed by atoms with Crippen LogP contribution in [0, 0.1) is 20.8 Å². The molecule has 0 atom stereocenters. The molecule has 0 saturated carbocycles. The molecule has 1 N–H and O–H groups in total. The lowest BCUT2D eigenvalue weighted by Crippen LogP contribution is -2.56. The zero-order valence-electron chi connectivity index (χ0n) is 15.8. The van der Waals surface area contributed by atoms with Gasteiger partial charge in [-0.15, -0.1) is 0 Å². The van der Waals surface area contributed by atoms with Gasteiger partial charge in [0, 0.05) is 24.5 Å². The Balaban J connectivity index is 1.65. The lowest BCUT2D eigenvalue weighted by Gasteiger charge is -2.33. The minimum Gasteiger partial charge on any atom is -0.325 e. The molecule has 2 aromatic carbocycles. The second-order valence-corrected chi connectivity index (χ2v) is 6.94. The molecule has 6 heteroatoms. The Bertz CT molecular complexity index is 870. The molecule has 1 saturated heterocycles. The van der Waals surface area contributed by atoms with Crippen LogP contribution in [0.1, 0.15) is 16.7 Å². The fraction of sp³-hybridized carbons (Fsp3) is 0.286. The highest BCUT2D eigenvalue weighted by Gasteiger charge is 2.34. The third-order valence-corrected chi connectivity index (χ3v) is 4.50. The molecule has 6 nitrogen and oxygen atoms in total. The van der Waals surface area contributed by atoms with Gasteiger partial charge in [0.25, 0.3) is 0 Å². The molecule has 0 bridgehead atoms. The highest BCUT2D eigenvalue weighted by molar-refractivity contribution is 6.41. The van der Waals surface area contributed by atoms with Gasteiger partial charge in [-0.1, -0.05) is 23.8 Å². The van der Waals surface area contributed by atoms with E-state index in [0.717, 1.165) is 22.4 Å². The van der Waals surface area contributed by atoms with E-state index < -0.39 is 11.8 Å². The standard InChI is InChI=1S/C21H23N3O3/c1-14-4-6-17(7-5-14)22-19(25)13-23-8-9-24(21(27)20(23)26)18-11-15(2)10-16(3)12-18/h4-7,10-12H,8-9,13H2,1-3H3,(H,22,25). The summed E-state index contributed by atoms with van der Waals surface area (Å²) in [6.45, 7) is 6.41. The summed E-state index contributed by atoms with van der Waals surface area (Å²) in [6.07, 6.45) is 0. The van der Waals surface area contributed by atoms with Gasteiger partial charge in [-0.05, 0) is 56.2 Å². The van der Waals surface area contributed by atoms with Crippen molar-refractivity contribution in [2.24, 2.45) is 0 Å². The van der Waals surface area contributed by atoms with Gasteiger partial charge in [0.1, 0.15) is 6.54 Å². The number of nitrogens with one attached hydrogen (secondary N) is 1. The van der Waals surface area contributed by atoms with Gasteiger partial charge in [0.05, 0.1) is 0 Å². The van der Waals surface area contributed by atoms with E-state index >= 15 is 0 Å². The minimum atomic E-state index is -0.653. The average molecular weight is 365 g/mol. The van der Waals surface area contributed by atoms with E-state index in [9.17, 15) is 14.4 Å². The number of nitrogens with zero attached hydrogens (tertiary/aromatic N) is 2. The SMILES string of the molecule is Cc1ccc(NC(=O)CN2CCN(c3cc(C)cc(C)c3)C(=O)C2=O)cc1. The van der Waals surface area contributed by atoms with Crippen molar-refractivity contribution < 1.29 is 14.4 Å². The summed E-state index contributed by atoms with van der Waals surface area (Å²) in [5, 5.41) is 2.75. The first-order valence-electron chi connectivity index (χ1n) is 8.89. The molecule has 1 aliphatic rings. The van der Waals surface area contributed by atoms with Crippen LogP contribution in [0.5, 0.6) is 0 Å². The minimum absolute atomic E-state index is 0.140. The van der Waals surface area contributed by atoms with E-state index in [1.54, 1.807) is 12.1 Å². The Kier molecular flexibility index (Phi) is 5.26. The van der Waals surface area contributed by atoms with Crippen molar-refractivity contribution in [1.82, 2.24) is 4.90 Å². The number of hydrogen-bond acceptors (Lipinski definition) is 3. The van der Waals surface area contributed by atoms with E-state index in [4.69, 9.17) is 0 Å². The highest BCUT2D eigenvalue weighted by atomic mass is 16.2. The summed E-state index contributed by atoms with van der Waals surface area (Å²) in [5.41, 5.74) is 4.54. The summed E-state index contributed by atoms with van der Waals surface area (Å²) in [5.74, 6) is -1.58. The number of carbonyl (C=O) groups excluding carboxylic acids is 3. The Morgan fingerprint density at radius 2 is 1.52 bits per heavy atom. The molecule has 0 spiro atoms. The normalized spacial score (nSPS) is 14.5. The maximum Gasteiger partial charge on any atom is 0.316 e. The molecular weight excluding hydrogens is 342 g/mol. The second-order valence-electron chi connectivity index (χ2n) is 6.94. The molecule has 0 aromatic heterocycles. The number of hydrogen-bond donors (Lipinski definition) is 1. The van der Waals surface area contributed by atoms with Crippen LogP contribution in [0.2, 0.25) is 0 Å². The first-order chi connectivity index (χ1) is 12.8. The third-order valence-electron chi connectivity index (χ3n) is 4.50. The lowest BCUT2D eigenvalue weighted by molar-refractivity contribution is -0.147. The molecule has 1 aliphatic heterocycles. The summed E-state index contributed by atoms with van der Waals surface area (Å²) < 4.78 is 0.